The third-order valence-corrected chi connectivity index (χ3v) is 9.85. The van der Waals surface area contributed by atoms with Gasteiger partial charge in [-0.25, -0.2) is 13.5 Å². The molecule has 1 aliphatic carbocycles. The number of carbonyl (C=O) groups excluding carboxylic acids is 1. The molecule has 3 aliphatic rings. The number of hydrogen-bond donors (Lipinski definition) is 1. The van der Waals surface area contributed by atoms with Gasteiger partial charge in [-0.05, 0) is 83.6 Å². The van der Waals surface area contributed by atoms with E-state index in [0.717, 1.165) is 12.8 Å². The minimum absolute atomic E-state index is 0.0267. The Kier molecular flexibility index (Phi) is 6.57. The maximum Gasteiger partial charge on any atom is 0.245 e. The smallest absolute Gasteiger partial charge is 0.245 e. The van der Waals surface area contributed by atoms with Crippen molar-refractivity contribution in [1.29, 1.82) is 0 Å². The van der Waals surface area contributed by atoms with Crippen molar-refractivity contribution in [3.8, 4) is 5.88 Å². The van der Waals surface area contributed by atoms with Crippen LogP contribution >= 0.6 is 39.1 Å². The van der Waals surface area contributed by atoms with Gasteiger partial charge >= 0.3 is 0 Å². The highest BCUT2D eigenvalue weighted by atomic mass is 79.9. The van der Waals surface area contributed by atoms with E-state index in [-0.39, 0.29) is 28.1 Å². The number of carbonyl (C=O) groups is 1. The lowest BCUT2D eigenvalue weighted by Crippen LogP contribution is -2.57. The lowest BCUT2D eigenvalue weighted by Gasteiger charge is -2.39. The number of fused-ring (bicyclic) bond motifs is 5. The van der Waals surface area contributed by atoms with Crippen molar-refractivity contribution in [1.82, 2.24) is 14.7 Å². The lowest BCUT2D eigenvalue weighted by atomic mass is 9.77. The first-order valence-corrected chi connectivity index (χ1v) is 15.0. The van der Waals surface area contributed by atoms with Crippen molar-refractivity contribution in [3.63, 3.8) is 0 Å². The number of rotatable bonds is 5. The average Bonchev–Trinajstić information content (AvgIpc) is 3.64. The molecular formula is C30H25BrCl2F2N4O2. The zero-order valence-electron chi connectivity index (χ0n) is 21.9. The molecule has 0 unspecified atom stereocenters. The van der Waals surface area contributed by atoms with Crippen molar-refractivity contribution in [2.75, 3.05) is 18.5 Å². The molecule has 41 heavy (non-hydrogen) atoms. The Hall–Kier alpha value is -2.72. The Balaban J connectivity index is 1.44. The first-order chi connectivity index (χ1) is 19.7. The van der Waals surface area contributed by atoms with Gasteiger partial charge in [0.05, 0.1) is 32.5 Å². The van der Waals surface area contributed by atoms with Crippen molar-refractivity contribution < 1.29 is 18.3 Å². The van der Waals surface area contributed by atoms with Crippen LogP contribution in [-0.4, -0.2) is 45.3 Å². The summed E-state index contributed by atoms with van der Waals surface area (Å²) in [5.74, 6) is -1.22. The van der Waals surface area contributed by atoms with Crippen LogP contribution in [0.15, 0.2) is 59.1 Å². The molecule has 2 aliphatic heterocycles. The number of nitrogens with one attached hydrogen (secondary N) is 1. The summed E-state index contributed by atoms with van der Waals surface area (Å²) in [7, 11) is 0. The molecule has 6 nitrogen and oxygen atoms in total. The molecule has 0 spiro atoms. The monoisotopic (exact) mass is 660 g/mol. The third-order valence-electron chi connectivity index (χ3n) is 8.71. The molecule has 0 bridgehead atoms. The second-order valence-electron chi connectivity index (χ2n) is 11.2. The Morgan fingerprint density at radius 1 is 1.17 bits per heavy atom. The normalized spacial score (nSPS) is 25.6. The molecule has 1 aromatic heterocycles. The number of amides is 1. The van der Waals surface area contributed by atoms with Gasteiger partial charge in [-0.15, -0.1) is 0 Å². The summed E-state index contributed by atoms with van der Waals surface area (Å²) in [5.41, 5.74) is 0.150. The van der Waals surface area contributed by atoms with Crippen LogP contribution in [-0.2, 0) is 4.79 Å². The van der Waals surface area contributed by atoms with Gasteiger partial charge in [0.1, 0.15) is 23.8 Å². The minimum Gasteiger partial charge on any atom is -0.476 e. The Morgan fingerprint density at radius 3 is 2.71 bits per heavy atom. The van der Waals surface area contributed by atoms with Gasteiger partial charge in [0.25, 0.3) is 0 Å². The third kappa shape index (κ3) is 4.35. The molecule has 3 aromatic carbocycles. The van der Waals surface area contributed by atoms with E-state index < -0.39 is 29.1 Å². The number of benzene rings is 3. The van der Waals surface area contributed by atoms with Gasteiger partial charge in [0.15, 0.2) is 0 Å². The quantitative estimate of drug-likeness (QED) is 0.239. The standard InChI is InChI=1S/C30H25BrCl2F2N4O2/c1-30(29(40)36-17-5-2-4-16(32)10-17)25(18-6-3-7-21(33)26(18)35)27-24(38(30)13-15-8-9-15)14-41-28-19-11-22(34)20(31)12-23(19)37-39(27)28/h2-7,10-12,15,24-25,27H,8-9,13-14H2,1H3,(H,36,40)/t24-,25-,27+,30+/m0/s1. The van der Waals surface area contributed by atoms with Crippen LogP contribution in [0, 0.1) is 17.6 Å². The SMILES string of the molecule is C[C@]1(C(=O)Nc2cccc(Cl)c2)[C@@H](c2cccc(Cl)c2F)[C@H]2[C@H](COc3c4cc(F)c(Br)cc4nn32)N1CC1CC1. The number of aromatic nitrogens is 2. The number of hydrogen-bond acceptors (Lipinski definition) is 4. The van der Waals surface area contributed by atoms with Crippen LogP contribution in [0.3, 0.4) is 0 Å². The van der Waals surface area contributed by atoms with E-state index in [1.807, 2.05) is 6.92 Å². The first kappa shape index (κ1) is 27.1. The zero-order valence-corrected chi connectivity index (χ0v) is 25.0. The summed E-state index contributed by atoms with van der Waals surface area (Å²) in [5, 5.41) is 8.86. The van der Waals surface area contributed by atoms with Gasteiger partial charge in [-0.2, -0.15) is 5.10 Å². The molecule has 1 saturated carbocycles. The molecule has 3 heterocycles. The predicted octanol–water partition coefficient (Wildman–Crippen LogP) is 7.59. The molecule has 4 atom stereocenters. The Bertz CT molecular complexity index is 1710. The van der Waals surface area contributed by atoms with Crippen molar-refractivity contribution in [2.45, 2.75) is 43.3 Å². The predicted molar refractivity (Wildman–Crippen MR) is 158 cm³/mol. The average molecular weight is 662 g/mol. The maximum absolute atomic E-state index is 16.0. The molecule has 1 N–H and O–H groups in total. The van der Waals surface area contributed by atoms with E-state index in [9.17, 15) is 9.18 Å². The largest absolute Gasteiger partial charge is 0.476 e. The van der Waals surface area contributed by atoms with Crippen LogP contribution in [0.2, 0.25) is 10.0 Å². The van der Waals surface area contributed by atoms with E-state index in [1.54, 1.807) is 47.1 Å². The fourth-order valence-corrected chi connectivity index (χ4v) is 7.29. The fourth-order valence-electron chi connectivity index (χ4n) is 6.59. The summed E-state index contributed by atoms with van der Waals surface area (Å²) in [6.07, 6.45) is 2.11. The van der Waals surface area contributed by atoms with Gasteiger partial charge in [-0.1, -0.05) is 41.4 Å². The zero-order chi connectivity index (χ0) is 28.6. The van der Waals surface area contributed by atoms with Crippen LogP contribution in [0.5, 0.6) is 5.88 Å². The van der Waals surface area contributed by atoms with E-state index in [0.29, 0.717) is 45.5 Å². The molecule has 11 heteroatoms. The van der Waals surface area contributed by atoms with Crippen LogP contribution in [0.25, 0.3) is 10.9 Å². The van der Waals surface area contributed by atoms with Crippen molar-refractivity contribution in [3.05, 3.63) is 86.3 Å². The molecule has 2 fully saturated rings. The van der Waals surface area contributed by atoms with E-state index in [2.05, 4.69) is 26.1 Å². The molecule has 0 radical (unpaired) electrons. The summed E-state index contributed by atoms with van der Waals surface area (Å²) >= 11 is 15.8. The number of anilines is 1. The van der Waals surface area contributed by atoms with Gasteiger partial charge < -0.3 is 10.1 Å². The van der Waals surface area contributed by atoms with Gasteiger partial charge in [0, 0.05) is 23.2 Å². The van der Waals surface area contributed by atoms with Crippen LogP contribution in [0.1, 0.15) is 37.3 Å². The second-order valence-corrected chi connectivity index (χ2v) is 12.9. The Morgan fingerprint density at radius 2 is 1.95 bits per heavy atom. The summed E-state index contributed by atoms with van der Waals surface area (Å²) in [4.78, 5) is 16.6. The number of likely N-dealkylation sites (tertiary alicyclic amines) is 1. The molecule has 7 rings (SSSR count). The van der Waals surface area contributed by atoms with E-state index in [1.165, 1.54) is 12.1 Å². The van der Waals surface area contributed by atoms with Crippen molar-refractivity contribution >= 4 is 61.6 Å². The fraction of sp³-hybridized carbons (Fsp3) is 0.333. The Labute approximate surface area is 253 Å². The topological polar surface area (TPSA) is 59.4 Å². The highest BCUT2D eigenvalue weighted by Gasteiger charge is 2.64. The molecule has 212 valence electrons. The van der Waals surface area contributed by atoms with Crippen molar-refractivity contribution in [2.24, 2.45) is 5.92 Å². The molecule has 1 saturated heterocycles. The number of nitrogens with zero attached hydrogens (tertiary/aromatic N) is 3. The number of halogens is 5. The molecular weight excluding hydrogens is 637 g/mol. The molecule has 4 aromatic rings. The van der Waals surface area contributed by atoms with Gasteiger partial charge in [0.2, 0.25) is 11.8 Å². The number of ether oxygens (including phenoxy) is 1. The molecule has 1 amide bonds. The summed E-state index contributed by atoms with van der Waals surface area (Å²) in [6, 6.07) is 14.0. The highest BCUT2D eigenvalue weighted by Crippen LogP contribution is 2.57. The maximum atomic E-state index is 16.0. The van der Waals surface area contributed by atoms with E-state index in [4.69, 9.17) is 33.0 Å². The van der Waals surface area contributed by atoms with E-state index >= 15 is 4.39 Å². The summed E-state index contributed by atoms with van der Waals surface area (Å²) < 4.78 is 38.8. The minimum atomic E-state index is -1.24. The van der Waals surface area contributed by atoms with Gasteiger partial charge in [-0.3, -0.25) is 9.69 Å². The van der Waals surface area contributed by atoms with Crippen LogP contribution < -0.4 is 10.1 Å². The van der Waals surface area contributed by atoms with Crippen LogP contribution in [0.4, 0.5) is 14.5 Å². The lowest BCUT2D eigenvalue weighted by molar-refractivity contribution is -0.127. The first-order valence-electron chi connectivity index (χ1n) is 13.4. The second kappa shape index (κ2) is 9.93. The summed E-state index contributed by atoms with van der Waals surface area (Å²) in [6.45, 7) is 2.73. The highest BCUT2D eigenvalue weighted by molar-refractivity contribution is 9.10.